The first-order valence-corrected chi connectivity index (χ1v) is 5.68. The lowest BCUT2D eigenvalue weighted by Gasteiger charge is -2.26. The van der Waals surface area contributed by atoms with Gasteiger partial charge in [0.15, 0.2) is 0 Å². The Morgan fingerprint density at radius 3 is 2.47 bits per heavy atom. The Labute approximate surface area is 100 Å². The number of hydrogen-bond acceptors (Lipinski definition) is 3. The molecular weight excluding hydrogens is 221 g/mol. The minimum atomic E-state index is -0.437. The second-order valence-electron chi connectivity index (χ2n) is 4.37. The Balaban J connectivity index is 2.25. The van der Waals surface area contributed by atoms with E-state index in [1.807, 2.05) is 11.9 Å². The summed E-state index contributed by atoms with van der Waals surface area (Å²) in [6.45, 7) is 0. The Morgan fingerprint density at radius 1 is 1.41 bits per heavy atom. The standard InChI is InChI=1S/C13H16FNO2/c1-15(11-7-8-11)12(13(16)17-2)9-3-5-10(14)6-4-9/h3-6,11-12H,7-8H2,1-2H3. The molecule has 2 rings (SSSR count). The molecule has 0 saturated heterocycles. The number of benzene rings is 1. The van der Waals surface area contributed by atoms with E-state index in [0.29, 0.717) is 6.04 Å². The fraction of sp³-hybridized carbons (Fsp3) is 0.462. The molecule has 0 bridgehead atoms. The SMILES string of the molecule is COC(=O)C(c1ccc(F)cc1)N(C)C1CC1. The third kappa shape index (κ3) is 2.64. The van der Waals surface area contributed by atoms with Gasteiger partial charge in [-0.25, -0.2) is 9.18 Å². The first-order chi connectivity index (χ1) is 8.13. The third-order valence-electron chi connectivity index (χ3n) is 3.14. The number of nitrogens with zero attached hydrogens (tertiary/aromatic N) is 1. The molecule has 1 aliphatic rings. The van der Waals surface area contributed by atoms with Crippen molar-refractivity contribution < 1.29 is 13.9 Å². The van der Waals surface area contributed by atoms with Crippen molar-refractivity contribution in [3.63, 3.8) is 0 Å². The smallest absolute Gasteiger partial charge is 0.327 e. The summed E-state index contributed by atoms with van der Waals surface area (Å²) in [5, 5.41) is 0. The van der Waals surface area contributed by atoms with Crippen LogP contribution < -0.4 is 0 Å². The highest BCUT2D eigenvalue weighted by Gasteiger charge is 2.36. The zero-order valence-electron chi connectivity index (χ0n) is 10.0. The number of carbonyl (C=O) groups is 1. The van der Waals surface area contributed by atoms with E-state index >= 15 is 0 Å². The van der Waals surface area contributed by atoms with Crippen molar-refractivity contribution >= 4 is 5.97 Å². The van der Waals surface area contributed by atoms with Crippen molar-refractivity contribution in [1.29, 1.82) is 0 Å². The zero-order chi connectivity index (χ0) is 12.4. The van der Waals surface area contributed by atoms with Crippen LogP contribution in [0, 0.1) is 5.82 Å². The summed E-state index contributed by atoms with van der Waals surface area (Å²) >= 11 is 0. The lowest BCUT2D eigenvalue weighted by atomic mass is 10.1. The van der Waals surface area contributed by atoms with E-state index in [0.717, 1.165) is 18.4 Å². The summed E-state index contributed by atoms with van der Waals surface area (Å²) in [7, 11) is 3.28. The summed E-state index contributed by atoms with van der Waals surface area (Å²) in [4.78, 5) is 13.8. The highest BCUT2D eigenvalue weighted by Crippen LogP contribution is 2.33. The molecule has 1 saturated carbocycles. The average Bonchev–Trinajstić information content (AvgIpc) is 3.15. The predicted molar refractivity (Wildman–Crippen MR) is 61.9 cm³/mol. The van der Waals surface area contributed by atoms with Gasteiger partial charge in [0.05, 0.1) is 7.11 Å². The van der Waals surface area contributed by atoms with Crippen LogP contribution in [-0.2, 0) is 9.53 Å². The van der Waals surface area contributed by atoms with Gasteiger partial charge in [0.1, 0.15) is 11.9 Å². The van der Waals surface area contributed by atoms with Crippen molar-refractivity contribution in [2.75, 3.05) is 14.2 Å². The molecule has 1 fully saturated rings. The molecule has 1 atom stereocenters. The molecule has 1 aliphatic carbocycles. The molecule has 17 heavy (non-hydrogen) atoms. The van der Waals surface area contributed by atoms with Crippen LogP contribution in [0.2, 0.25) is 0 Å². The molecule has 0 heterocycles. The Kier molecular flexibility index (Phi) is 3.43. The molecule has 0 N–H and O–H groups in total. The van der Waals surface area contributed by atoms with Crippen LogP contribution in [0.1, 0.15) is 24.4 Å². The van der Waals surface area contributed by atoms with Gasteiger partial charge in [-0.2, -0.15) is 0 Å². The average molecular weight is 237 g/mol. The van der Waals surface area contributed by atoms with Gasteiger partial charge < -0.3 is 4.74 Å². The lowest BCUT2D eigenvalue weighted by molar-refractivity contribution is -0.147. The first kappa shape index (κ1) is 12.0. The number of carbonyl (C=O) groups excluding carboxylic acids is 1. The summed E-state index contributed by atoms with van der Waals surface area (Å²) in [6.07, 6.45) is 2.20. The minimum absolute atomic E-state index is 0.300. The van der Waals surface area contributed by atoms with E-state index in [4.69, 9.17) is 4.74 Å². The molecule has 1 aromatic rings. The highest BCUT2D eigenvalue weighted by atomic mass is 19.1. The van der Waals surface area contributed by atoms with E-state index in [2.05, 4.69) is 0 Å². The van der Waals surface area contributed by atoms with Crippen LogP contribution in [-0.4, -0.2) is 31.1 Å². The van der Waals surface area contributed by atoms with Gasteiger partial charge in [-0.1, -0.05) is 12.1 Å². The van der Waals surface area contributed by atoms with Crippen LogP contribution in [0.4, 0.5) is 4.39 Å². The maximum absolute atomic E-state index is 12.9. The molecule has 0 amide bonds. The van der Waals surface area contributed by atoms with Crippen LogP contribution >= 0.6 is 0 Å². The highest BCUT2D eigenvalue weighted by molar-refractivity contribution is 5.77. The Bertz CT molecular complexity index is 400. The number of esters is 1. The van der Waals surface area contributed by atoms with Crippen LogP contribution in [0.25, 0.3) is 0 Å². The van der Waals surface area contributed by atoms with E-state index in [1.165, 1.54) is 19.2 Å². The monoisotopic (exact) mass is 237 g/mol. The topological polar surface area (TPSA) is 29.5 Å². The zero-order valence-corrected chi connectivity index (χ0v) is 10.0. The van der Waals surface area contributed by atoms with E-state index < -0.39 is 6.04 Å². The second-order valence-corrected chi connectivity index (χ2v) is 4.37. The van der Waals surface area contributed by atoms with Gasteiger partial charge in [0.25, 0.3) is 0 Å². The van der Waals surface area contributed by atoms with Crippen molar-refractivity contribution in [3.05, 3.63) is 35.6 Å². The van der Waals surface area contributed by atoms with Crippen molar-refractivity contribution in [2.24, 2.45) is 0 Å². The predicted octanol–water partition coefficient (Wildman–Crippen LogP) is 2.13. The third-order valence-corrected chi connectivity index (χ3v) is 3.14. The molecule has 92 valence electrons. The quantitative estimate of drug-likeness (QED) is 0.751. The van der Waals surface area contributed by atoms with E-state index in [-0.39, 0.29) is 11.8 Å². The van der Waals surface area contributed by atoms with Gasteiger partial charge in [0, 0.05) is 6.04 Å². The maximum Gasteiger partial charge on any atom is 0.327 e. The molecule has 0 aliphatic heterocycles. The van der Waals surface area contributed by atoms with Crippen LogP contribution in [0.3, 0.4) is 0 Å². The lowest BCUT2D eigenvalue weighted by Crippen LogP contribution is -2.33. The molecule has 0 spiro atoms. The van der Waals surface area contributed by atoms with Crippen molar-refractivity contribution in [3.8, 4) is 0 Å². The van der Waals surface area contributed by atoms with Gasteiger partial charge in [-0.05, 0) is 37.6 Å². The van der Waals surface area contributed by atoms with Crippen molar-refractivity contribution in [1.82, 2.24) is 4.90 Å². The number of ether oxygens (including phenoxy) is 1. The number of hydrogen-bond donors (Lipinski definition) is 0. The van der Waals surface area contributed by atoms with Gasteiger partial charge in [0.2, 0.25) is 0 Å². The normalized spacial score (nSPS) is 16.9. The Hall–Kier alpha value is -1.42. The summed E-state index contributed by atoms with van der Waals surface area (Å²) in [5.41, 5.74) is 0.771. The molecule has 0 aromatic heterocycles. The fourth-order valence-electron chi connectivity index (χ4n) is 1.99. The molecule has 4 heteroatoms. The summed E-state index contributed by atoms with van der Waals surface area (Å²) in [6, 6.07) is 6.00. The number of rotatable bonds is 4. The summed E-state index contributed by atoms with van der Waals surface area (Å²) in [5.74, 6) is -0.600. The minimum Gasteiger partial charge on any atom is -0.468 e. The first-order valence-electron chi connectivity index (χ1n) is 5.68. The van der Waals surface area contributed by atoms with Crippen LogP contribution in [0.5, 0.6) is 0 Å². The van der Waals surface area contributed by atoms with Gasteiger partial charge in [-0.3, -0.25) is 4.90 Å². The summed E-state index contributed by atoms with van der Waals surface area (Å²) < 4.78 is 17.7. The fourth-order valence-corrected chi connectivity index (χ4v) is 1.99. The molecule has 3 nitrogen and oxygen atoms in total. The number of methoxy groups -OCH3 is 1. The molecular formula is C13H16FNO2. The van der Waals surface area contributed by atoms with Gasteiger partial charge >= 0.3 is 5.97 Å². The van der Waals surface area contributed by atoms with E-state index in [9.17, 15) is 9.18 Å². The Morgan fingerprint density at radius 2 is 2.00 bits per heavy atom. The molecule has 1 unspecified atom stereocenters. The largest absolute Gasteiger partial charge is 0.468 e. The van der Waals surface area contributed by atoms with Crippen LogP contribution in [0.15, 0.2) is 24.3 Å². The van der Waals surface area contributed by atoms with Gasteiger partial charge in [-0.15, -0.1) is 0 Å². The molecule has 1 aromatic carbocycles. The maximum atomic E-state index is 12.9. The number of likely N-dealkylation sites (N-methyl/N-ethyl adjacent to an activating group) is 1. The van der Waals surface area contributed by atoms with Crippen molar-refractivity contribution in [2.45, 2.75) is 24.9 Å². The number of halogens is 1. The second kappa shape index (κ2) is 4.84. The van der Waals surface area contributed by atoms with E-state index in [1.54, 1.807) is 12.1 Å². The molecule has 0 radical (unpaired) electrons.